The van der Waals surface area contributed by atoms with Crippen LogP contribution in [0, 0.1) is 0 Å². The summed E-state index contributed by atoms with van der Waals surface area (Å²) < 4.78 is 10.9. The number of ether oxygens (including phenoxy) is 2. The number of benzene rings is 1. The van der Waals surface area contributed by atoms with Gasteiger partial charge in [0, 0.05) is 25.9 Å². The van der Waals surface area contributed by atoms with Crippen molar-refractivity contribution >= 4 is 5.69 Å². The summed E-state index contributed by atoms with van der Waals surface area (Å²) in [6.07, 6.45) is 2.19. The van der Waals surface area contributed by atoms with Crippen LogP contribution in [-0.4, -0.2) is 39.0 Å². The number of methoxy groups -OCH3 is 1. The van der Waals surface area contributed by atoms with Crippen LogP contribution in [0.3, 0.4) is 0 Å². The zero-order valence-corrected chi connectivity index (χ0v) is 12.1. The summed E-state index contributed by atoms with van der Waals surface area (Å²) in [5.74, 6) is 0.874. The largest absolute Gasteiger partial charge is 0.497 e. The van der Waals surface area contributed by atoms with E-state index in [9.17, 15) is 0 Å². The van der Waals surface area contributed by atoms with E-state index in [1.165, 1.54) is 5.69 Å². The lowest BCUT2D eigenvalue weighted by molar-refractivity contribution is -0.00638. The third kappa shape index (κ3) is 2.85. The molecule has 0 spiro atoms. The highest BCUT2D eigenvalue weighted by Gasteiger charge is 2.38. The lowest BCUT2D eigenvalue weighted by Gasteiger charge is -2.47. The molecule has 0 aliphatic carbocycles. The van der Waals surface area contributed by atoms with Crippen molar-refractivity contribution in [3.63, 3.8) is 0 Å². The Balaban J connectivity index is 2.21. The Morgan fingerprint density at radius 3 is 2.63 bits per heavy atom. The molecule has 19 heavy (non-hydrogen) atoms. The SMILES string of the molecule is COc1ccc(N(C)C2(CN)CCOC(C)C2)cc1. The van der Waals surface area contributed by atoms with Gasteiger partial charge in [0.15, 0.2) is 0 Å². The quantitative estimate of drug-likeness (QED) is 0.904. The molecule has 0 radical (unpaired) electrons. The minimum absolute atomic E-state index is 0.00768. The van der Waals surface area contributed by atoms with Gasteiger partial charge >= 0.3 is 0 Å². The van der Waals surface area contributed by atoms with Gasteiger partial charge in [-0.2, -0.15) is 0 Å². The average molecular weight is 264 g/mol. The van der Waals surface area contributed by atoms with Crippen molar-refractivity contribution in [3.05, 3.63) is 24.3 Å². The fraction of sp³-hybridized carbons (Fsp3) is 0.600. The van der Waals surface area contributed by atoms with Crippen LogP contribution < -0.4 is 15.4 Å². The predicted molar refractivity (Wildman–Crippen MR) is 77.8 cm³/mol. The van der Waals surface area contributed by atoms with E-state index in [1.54, 1.807) is 7.11 Å². The number of nitrogens with zero attached hydrogens (tertiary/aromatic N) is 1. The monoisotopic (exact) mass is 264 g/mol. The van der Waals surface area contributed by atoms with E-state index < -0.39 is 0 Å². The van der Waals surface area contributed by atoms with Crippen LogP contribution in [-0.2, 0) is 4.74 Å². The summed E-state index contributed by atoms with van der Waals surface area (Å²) in [7, 11) is 3.80. The fourth-order valence-electron chi connectivity index (χ4n) is 2.85. The Morgan fingerprint density at radius 1 is 1.42 bits per heavy atom. The first-order chi connectivity index (χ1) is 9.11. The molecule has 4 heteroatoms. The molecule has 1 fully saturated rings. The lowest BCUT2D eigenvalue weighted by atomic mass is 9.85. The van der Waals surface area contributed by atoms with Gasteiger partial charge < -0.3 is 20.1 Å². The third-order valence-electron chi connectivity index (χ3n) is 4.19. The van der Waals surface area contributed by atoms with Crippen LogP contribution in [0.15, 0.2) is 24.3 Å². The number of hydrogen-bond acceptors (Lipinski definition) is 4. The summed E-state index contributed by atoms with van der Waals surface area (Å²) in [6, 6.07) is 8.13. The molecular formula is C15H24N2O2. The average Bonchev–Trinajstić information content (AvgIpc) is 2.46. The third-order valence-corrected chi connectivity index (χ3v) is 4.19. The molecule has 1 saturated heterocycles. The molecule has 2 rings (SSSR count). The summed E-state index contributed by atoms with van der Waals surface area (Å²) in [6.45, 7) is 3.54. The molecule has 2 atom stereocenters. The number of anilines is 1. The molecule has 106 valence electrons. The van der Waals surface area contributed by atoms with Gasteiger partial charge in [-0.15, -0.1) is 0 Å². The Hall–Kier alpha value is -1.26. The van der Waals surface area contributed by atoms with E-state index in [1.807, 2.05) is 12.1 Å². The minimum Gasteiger partial charge on any atom is -0.497 e. The predicted octanol–water partition coefficient (Wildman–Crippen LogP) is 2.03. The molecule has 0 aromatic heterocycles. The molecule has 2 unspecified atom stereocenters. The zero-order chi connectivity index (χ0) is 13.9. The number of nitrogens with two attached hydrogens (primary N) is 1. The molecule has 1 aromatic carbocycles. The smallest absolute Gasteiger partial charge is 0.119 e. The van der Waals surface area contributed by atoms with Gasteiger partial charge in [-0.25, -0.2) is 0 Å². The molecule has 0 amide bonds. The van der Waals surface area contributed by atoms with Gasteiger partial charge in [-0.05, 0) is 44.0 Å². The number of likely N-dealkylation sites (N-methyl/N-ethyl adjacent to an activating group) is 1. The van der Waals surface area contributed by atoms with Crippen molar-refractivity contribution in [2.45, 2.75) is 31.4 Å². The lowest BCUT2D eigenvalue weighted by Crippen LogP contribution is -2.57. The normalized spacial score (nSPS) is 27.1. The van der Waals surface area contributed by atoms with E-state index in [4.69, 9.17) is 15.2 Å². The number of rotatable bonds is 4. The maximum absolute atomic E-state index is 6.07. The summed E-state index contributed by atoms with van der Waals surface area (Å²) in [4.78, 5) is 2.30. The topological polar surface area (TPSA) is 47.7 Å². The van der Waals surface area contributed by atoms with Crippen molar-refractivity contribution in [3.8, 4) is 5.75 Å². The highest BCUT2D eigenvalue weighted by molar-refractivity contribution is 5.51. The van der Waals surface area contributed by atoms with Crippen LogP contribution in [0.4, 0.5) is 5.69 Å². The molecule has 1 aliphatic heterocycles. The molecule has 1 aromatic rings. The molecular weight excluding hydrogens is 240 g/mol. The van der Waals surface area contributed by atoms with Gasteiger partial charge in [0.25, 0.3) is 0 Å². The van der Waals surface area contributed by atoms with Crippen LogP contribution in [0.25, 0.3) is 0 Å². The van der Waals surface area contributed by atoms with E-state index >= 15 is 0 Å². The molecule has 0 saturated carbocycles. The van der Waals surface area contributed by atoms with Crippen LogP contribution in [0.5, 0.6) is 5.75 Å². The second kappa shape index (κ2) is 5.80. The Morgan fingerprint density at radius 2 is 2.11 bits per heavy atom. The Bertz CT molecular complexity index is 407. The highest BCUT2D eigenvalue weighted by Crippen LogP contribution is 2.33. The van der Waals surface area contributed by atoms with Crippen LogP contribution in [0.2, 0.25) is 0 Å². The van der Waals surface area contributed by atoms with Crippen molar-refractivity contribution in [1.29, 1.82) is 0 Å². The van der Waals surface area contributed by atoms with Crippen molar-refractivity contribution in [1.82, 2.24) is 0 Å². The van der Waals surface area contributed by atoms with Crippen LogP contribution in [0.1, 0.15) is 19.8 Å². The fourth-order valence-corrected chi connectivity index (χ4v) is 2.85. The van der Waals surface area contributed by atoms with Crippen molar-refractivity contribution in [2.24, 2.45) is 5.73 Å². The highest BCUT2D eigenvalue weighted by atomic mass is 16.5. The second-order valence-electron chi connectivity index (χ2n) is 5.32. The van der Waals surface area contributed by atoms with Crippen LogP contribution >= 0.6 is 0 Å². The van der Waals surface area contributed by atoms with Crippen molar-refractivity contribution < 1.29 is 9.47 Å². The van der Waals surface area contributed by atoms with Crippen molar-refractivity contribution in [2.75, 3.05) is 32.2 Å². The summed E-state index contributed by atoms with van der Waals surface area (Å²) >= 11 is 0. The molecule has 0 bridgehead atoms. The number of hydrogen-bond donors (Lipinski definition) is 1. The second-order valence-corrected chi connectivity index (χ2v) is 5.32. The summed E-state index contributed by atoms with van der Waals surface area (Å²) in [5, 5.41) is 0. The minimum atomic E-state index is -0.00768. The van der Waals surface area contributed by atoms with Gasteiger partial charge in [0.05, 0.1) is 18.8 Å². The molecule has 2 N–H and O–H groups in total. The molecule has 1 heterocycles. The van der Waals surface area contributed by atoms with Gasteiger partial charge in [-0.1, -0.05) is 0 Å². The zero-order valence-electron chi connectivity index (χ0n) is 12.1. The van der Waals surface area contributed by atoms with Gasteiger partial charge in [0.1, 0.15) is 5.75 Å². The van der Waals surface area contributed by atoms with Gasteiger partial charge in [0.2, 0.25) is 0 Å². The Kier molecular flexibility index (Phi) is 4.32. The summed E-state index contributed by atoms with van der Waals surface area (Å²) in [5.41, 5.74) is 7.23. The van der Waals surface area contributed by atoms with E-state index in [0.717, 1.165) is 25.2 Å². The first kappa shape index (κ1) is 14.2. The van der Waals surface area contributed by atoms with E-state index in [-0.39, 0.29) is 11.6 Å². The maximum Gasteiger partial charge on any atom is 0.119 e. The molecule has 1 aliphatic rings. The molecule has 4 nitrogen and oxygen atoms in total. The van der Waals surface area contributed by atoms with Gasteiger partial charge in [-0.3, -0.25) is 0 Å². The Labute approximate surface area is 115 Å². The van der Waals surface area contributed by atoms with E-state index in [0.29, 0.717) is 6.54 Å². The first-order valence-electron chi connectivity index (χ1n) is 6.81. The van der Waals surface area contributed by atoms with E-state index in [2.05, 4.69) is 31.0 Å². The maximum atomic E-state index is 6.07. The standard InChI is InChI=1S/C15H24N2O2/c1-12-10-15(11-16,8-9-19-12)17(2)13-4-6-14(18-3)7-5-13/h4-7,12H,8-11,16H2,1-3H3. The first-order valence-corrected chi connectivity index (χ1v) is 6.81.